The van der Waals surface area contributed by atoms with E-state index < -0.39 is 0 Å². The van der Waals surface area contributed by atoms with Crippen LogP contribution in [0.5, 0.6) is 0 Å². The highest BCUT2D eigenvalue weighted by molar-refractivity contribution is 5.96. The predicted molar refractivity (Wildman–Crippen MR) is 66.3 cm³/mol. The standard InChI is InChI=1S/C13H16N2O/c1-15-12-9-10(3-2-8-14)4-5-11(12)6-7-13(15)16/h2-5,9H,6-8,14H2,1H3/b3-2+. The number of rotatable bonds is 2. The highest BCUT2D eigenvalue weighted by Crippen LogP contribution is 2.28. The lowest BCUT2D eigenvalue weighted by Gasteiger charge is -2.25. The first-order valence-corrected chi connectivity index (χ1v) is 5.48. The molecule has 1 heterocycles. The van der Waals surface area contributed by atoms with E-state index >= 15 is 0 Å². The summed E-state index contributed by atoms with van der Waals surface area (Å²) in [6.45, 7) is 0.534. The van der Waals surface area contributed by atoms with Crippen LogP contribution in [0.2, 0.25) is 0 Å². The van der Waals surface area contributed by atoms with Gasteiger partial charge in [0.05, 0.1) is 0 Å². The zero-order chi connectivity index (χ0) is 11.5. The first kappa shape index (κ1) is 10.9. The largest absolute Gasteiger partial charge is 0.327 e. The molecule has 0 saturated heterocycles. The van der Waals surface area contributed by atoms with Crippen molar-refractivity contribution in [3.8, 4) is 0 Å². The highest BCUT2D eigenvalue weighted by atomic mass is 16.2. The van der Waals surface area contributed by atoms with Crippen LogP contribution < -0.4 is 10.6 Å². The Balaban J connectivity index is 2.36. The molecule has 1 aliphatic heterocycles. The molecule has 0 saturated carbocycles. The summed E-state index contributed by atoms with van der Waals surface area (Å²) < 4.78 is 0. The van der Waals surface area contributed by atoms with Crippen molar-refractivity contribution in [2.24, 2.45) is 5.73 Å². The van der Waals surface area contributed by atoms with E-state index in [2.05, 4.69) is 12.1 Å². The molecule has 84 valence electrons. The maximum Gasteiger partial charge on any atom is 0.227 e. The molecule has 1 aromatic carbocycles. The minimum absolute atomic E-state index is 0.187. The van der Waals surface area contributed by atoms with Crippen molar-refractivity contribution in [2.75, 3.05) is 18.5 Å². The molecule has 1 aromatic rings. The lowest BCUT2D eigenvalue weighted by molar-refractivity contribution is -0.118. The number of nitrogens with two attached hydrogens (primary N) is 1. The van der Waals surface area contributed by atoms with Gasteiger partial charge in [-0.05, 0) is 23.6 Å². The van der Waals surface area contributed by atoms with E-state index in [0.717, 1.165) is 17.7 Å². The molecular formula is C13H16N2O. The number of carbonyl (C=O) groups excluding carboxylic acids is 1. The molecule has 0 spiro atoms. The number of anilines is 1. The minimum Gasteiger partial charge on any atom is -0.327 e. The summed E-state index contributed by atoms with van der Waals surface area (Å²) in [6, 6.07) is 6.20. The van der Waals surface area contributed by atoms with E-state index in [1.165, 1.54) is 5.56 Å². The molecule has 0 aliphatic carbocycles. The number of hydrogen-bond donors (Lipinski definition) is 1. The Morgan fingerprint density at radius 3 is 3.00 bits per heavy atom. The third-order valence-electron chi connectivity index (χ3n) is 2.90. The van der Waals surface area contributed by atoms with Gasteiger partial charge in [0.1, 0.15) is 0 Å². The van der Waals surface area contributed by atoms with E-state index in [4.69, 9.17) is 5.73 Å². The molecule has 0 aromatic heterocycles. The molecule has 1 amide bonds. The highest BCUT2D eigenvalue weighted by Gasteiger charge is 2.20. The Bertz CT molecular complexity index is 438. The van der Waals surface area contributed by atoms with Gasteiger partial charge < -0.3 is 10.6 Å². The molecule has 0 bridgehead atoms. The van der Waals surface area contributed by atoms with Crippen molar-refractivity contribution in [2.45, 2.75) is 12.8 Å². The first-order chi connectivity index (χ1) is 7.72. The molecule has 2 rings (SSSR count). The fourth-order valence-corrected chi connectivity index (χ4v) is 1.96. The van der Waals surface area contributed by atoms with Gasteiger partial charge in [0.2, 0.25) is 5.91 Å². The van der Waals surface area contributed by atoms with Gasteiger partial charge in [0.15, 0.2) is 0 Å². The van der Waals surface area contributed by atoms with Crippen molar-refractivity contribution in [3.63, 3.8) is 0 Å². The molecule has 0 radical (unpaired) electrons. The van der Waals surface area contributed by atoms with E-state index in [0.29, 0.717) is 13.0 Å². The van der Waals surface area contributed by atoms with Crippen LogP contribution in [0.25, 0.3) is 6.08 Å². The van der Waals surface area contributed by atoms with Gasteiger partial charge in [-0.15, -0.1) is 0 Å². The topological polar surface area (TPSA) is 46.3 Å². The molecule has 16 heavy (non-hydrogen) atoms. The number of carbonyl (C=O) groups is 1. The van der Waals surface area contributed by atoms with Crippen molar-refractivity contribution < 1.29 is 4.79 Å². The Morgan fingerprint density at radius 2 is 2.25 bits per heavy atom. The van der Waals surface area contributed by atoms with E-state index in [1.54, 1.807) is 4.90 Å². The zero-order valence-corrected chi connectivity index (χ0v) is 9.44. The van der Waals surface area contributed by atoms with E-state index in [1.807, 2.05) is 25.3 Å². The van der Waals surface area contributed by atoms with Gasteiger partial charge in [-0.25, -0.2) is 0 Å². The van der Waals surface area contributed by atoms with Crippen LogP contribution in [-0.4, -0.2) is 19.5 Å². The van der Waals surface area contributed by atoms with Crippen molar-refractivity contribution >= 4 is 17.7 Å². The third kappa shape index (κ3) is 1.99. The molecular weight excluding hydrogens is 200 g/mol. The number of aryl methyl sites for hydroxylation is 1. The molecule has 1 aliphatic rings. The molecule has 2 N–H and O–H groups in total. The maximum atomic E-state index is 11.6. The monoisotopic (exact) mass is 216 g/mol. The van der Waals surface area contributed by atoms with Crippen LogP contribution in [0.3, 0.4) is 0 Å². The summed E-state index contributed by atoms with van der Waals surface area (Å²) in [6.07, 6.45) is 5.35. The molecule has 3 heteroatoms. The number of benzene rings is 1. The molecule has 3 nitrogen and oxygen atoms in total. The fourth-order valence-electron chi connectivity index (χ4n) is 1.96. The Morgan fingerprint density at radius 1 is 1.44 bits per heavy atom. The Kier molecular flexibility index (Phi) is 3.06. The predicted octanol–water partition coefficient (Wildman–Crippen LogP) is 1.57. The summed E-state index contributed by atoms with van der Waals surface area (Å²) in [7, 11) is 1.83. The summed E-state index contributed by atoms with van der Waals surface area (Å²) in [5.41, 5.74) is 8.77. The number of amides is 1. The average Bonchev–Trinajstić information content (AvgIpc) is 2.31. The van der Waals surface area contributed by atoms with Crippen molar-refractivity contribution in [1.82, 2.24) is 0 Å². The van der Waals surface area contributed by atoms with Crippen LogP contribution in [0, 0.1) is 0 Å². The third-order valence-corrected chi connectivity index (χ3v) is 2.90. The van der Waals surface area contributed by atoms with Gasteiger partial charge in [-0.3, -0.25) is 4.79 Å². The van der Waals surface area contributed by atoms with Crippen molar-refractivity contribution in [1.29, 1.82) is 0 Å². The van der Waals surface area contributed by atoms with Crippen LogP contribution in [-0.2, 0) is 11.2 Å². The normalized spacial score (nSPS) is 15.6. The van der Waals surface area contributed by atoms with E-state index in [-0.39, 0.29) is 5.91 Å². The van der Waals surface area contributed by atoms with Gasteiger partial charge in [0, 0.05) is 25.7 Å². The van der Waals surface area contributed by atoms with Crippen LogP contribution >= 0.6 is 0 Å². The maximum absolute atomic E-state index is 11.6. The summed E-state index contributed by atoms with van der Waals surface area (Å²) >= 11 is 0. The second kappa shape index (κ2) is 4.49. The first-order valence-electron chi connectivity index (χ1n) is 5.48. The quantitative estimate of drug-likeness (QED) is 0.815. The average molecular weight is 216 g/mol. The zero-order valence-electron chi connectivity index (χ0n) is 9.44. The fraction of sp³-hybridized carbons (Fsp3) is 0.308. The second-order valence-electron chi connectivity index (χ2n) is 3.98. The van der Waals surface area contributed by atoms with Gasteiger partial charge in [0.25, 0.3) is 0 Å². The van der Waals surface area contributed by atoms with Gasteiger partial charge in [-0.2, -0.15) is 0 Å². The summed E-state index contributed by atoms with van der Waals surface area (Å²) in [5.74, 6) is 0.187. The number of fused-ring (bicyclic) bond motifs is 1. The summed E-state index contributed by atoms with van der Waals surface area (Å²) in [4.78, 5) is 13.3. The van der Waals surface area contributed by atoms with Crippen LogP contribution in [0.4, 0.5) is 5.69 Å². The molecule has 0 atom stereocenters. The second-order valence-corrected chi connectivity index (χ2v) is 3.98. The Hall–Kier alpha value is -1.61. The smallest absolute Gasteiger partial charge is 0.227 e. The van der Waals surface area contributed by atoms with Crippen LogP contribution in [0.15, 0.2) is 24.3 Å². The number of hydrogen-bond acceptors (Lipinski definition) is 2. The molecule has 0 fully saturated rings. The Labute approximate surface area is 95.6 Å². The van der Waals surface area contributed by atoms with Crippen molar-refractivity contribution in [3.05, 3.63) is 35.4 Å². The molecule has 0 unspecified atom stereocenters. The lowest BCUT2D eigenvalue weighted by atomic mass is 9.99. The SMILES string of the molecule is CN1C(=O)CCc2ccc(/C=C/CN)cc21. The number of nitrogens with zero attached hydrogens (tertiary/aromatic N) is 1. The van der Waals surface area contributed by atoms with Gasteiger partial charge in [-0.1, -0.05) is 24.3 Å². The lowest BCUT2D eigenvalue weighted by Crippen LogP contribution is -2.31. The van der Waals surface area contributed by atoms with Crippen LogP contribution in [0.1, 0.15) is 17.5 Å². The van der Waals surface area contributed by atoms with Gasteiger partial charge >= 0.3 is 0 Å². The van der Waals surface area contributed by atoms with E-state index in [9.17, 15) is 4.79 Å². The minimum atomic E-state index is 0.187. The summed E-state index contributed by atoms with van der Waals surface area (Å²) in [5, 5.41) is 0.